The van der Waals surface area contributed by atoms with E-state index in [4.69, 9.17) is 5.26 Å². The molecule has 2 rings (SSSR count). The van der Waals surface area contributed by atoms with Crippen LogP contribution in [0.2, 0.25) is 0 Å². The van der Waals surface area contributed by atoms with Crippen LogP contribution in [0.5, 0.6) is 0 Å². The van der Waals surface area contributed by atoms with Gasteiger partial charge in [-0.25, -0.2) is 4.79 Å². The Morgan fingerprint density at radius 2 is 1.74 bits per heavy atom. The van der Waals surface area contributed by atoms with E-state index in [9.17, 15) is 14.7 Å². The molecule has 0 saturated heterocycles. The van der Waals surface area contributed by atoms with Crippen molar-refractivity contribution in [3.05, 3.63) is 71.3 Å². The average molecular weight is 308 g/mol. The van der Waals surface area contributed by atoms with Gasteiger partial charge in [0.2, 0.25) is 0 Å². The van der Waals surface area contributed by atoms with Crippen LogP contribution in [0.1, 0.15) is 27.9 Å². The fourth-order valence-corrected chi connectivity index (χ4v) is 2.15. The van der Waals surface area contributed by atoms with Gasteiger partial charge in [0, 0.05) is 5.56 Å². The number of carboxylic acid groups (broad SMARTS) is 1. The van der Waals surface area contributed by atoms with Crippen LogP contribution >= 0.6 is 0 Å². The summed E-state index contributed by atoms with van der Waals surface area (Å²) in [6.45, 7) is 0. The van der Waals surface area contributed by atoms with Gasteiger partial charge in [-0.2, -0.15) is 5.26 Å². The first-order valence-electron chi connectivity index (χ1n) is 7.18. The third-order valence-electron chi connectivity index (χ3n) is 3.44. The number of benzene rings is 2. The van der Waals surface area contributed by atoms with Gasteiger partial charge >= 0.3 is 5.97 Å². The molecule has 0 saturated carbocycles. The number of nitriles is 1. The molecule has 0 fully saturated rings. The number of nitrogens with zero attached hydrogens (tertiary/aromatic N) is 1. The summed E-state index contributed by atoms with van der Waals surface area (Å²) in [6.07, 6.45) is 0.868. The predicted molar refractivity (Wildman–Crippen MR) is 84.8 cm³/mol. The Labute approximate surface area is 134 Å². The molecule has 1 atom stereocenters. The molecule has 0 bridgehead atoms. The van der Waals surface area contributed by atoms with Gasteiger partial charge < -0.3 is 10.4 Å². The zero-order valence-electron chi connectivity index (χ0n) is 12.4. The zero-order valence-corrected chi connectivity index (χ0v) is 12.4. The van der Waals surface area contributed by atoms with Crippen molar-refractivity contribution >= 4 is 11.9 Å². The molecule has 0 aliphatic heterocycles. The molecule has 5 nitrogen and oxygen atoms in total. The van der Waals surface area contributed by atoms with Gasteiger partial charge in [-0.15, -0.1) is 0 Å². The lowest BCUT2D eigenvalue weighted by molar-refractivity contribution is -0.139. The highest BCUT2D eigenvalue weighted by Crippen LogP contribution is 2.08. The molecule has 0 spiro atoms. The Balaban J connectivity index is 1.99. The van der Waals surface area contributed by atoms with Crippen LogP contribution in [0, 0.1) is 11.3 Å². The summed E-state index contributed by atoms with van der Waals surface area (Å²) in [6, 6.07) is 16.6. The van der Waals surface area contributed by atoms with E-state index in [1.54, 1.807) is 0 Å². The van der Waals surface area contributed by atoms with Gasteiger partial charge in [-0.3, -0.25) is 4.79 Å². The summed E-state index contributed by atoms with van der Waals surface area (Å²) in [4.78, 5) is 23.4. The Bertz CT molecular complexity index is 718. The lowest BCUT2D eigenvalue weighted by atomic mass is 10.0. The maximum Gasteiger partial charge on any atom is 0.326 e. The van der Waals surface area contributed by atoms with Crippen molar-refractivity contribution in [2.75, 3.05) is 0 Å². The first-order chi connectivity index (χ1) is 11.1. The van der Waals surface area contributed by atoms with Crippen molar-refractivity contribution in [1.82, 2.24) is 5.32 Å². The second-order valence-electron chi connectivity index (χ2n) is 5.08. The molecule has 0 heterocycles. The molecule has 5 heteroatoms. The second-order valence-corrected chi connectivity index (χ2v) is 5.08. The lowest BCUT2D eigenvalue weighted by Crippen LogP contribution is -2.41. The molecule has 116 valence electrons. The van der Waals surface area contributed by atoms with Gasteiger partial charge in [-0.1, -0.05) is 30.3 Å². The molecule has 1 amide bonds. The highest BCUT2D eigenvalue weighted by Gasteiger charge is 2.20. The Morgan fingerprint density at radius 3 is 2.30 bits per heavy atom. The highest BCUT2D eigenvalue weighted by atomic mass is 16.4. The molecule has 0 unspecified atom stereocenters. The van der Waals surface area contributed by atoms with Gasteiger partial charge in [0.1, 0.15) is 6.04 Å². The summed E-state index contributed by atoms with van der Waals surface area (Å²) in [7, 11) is 0. The first kappa shape index (κ1) is 16.2. The number of aliphatic carboxylic acids is 1. The minimum Gasteiger partial charge on any atom is -0.480 e. The van der Waals surface area contributed by atoms with Crippen LogP contribution in [-0.4, -0.2) is 23.0 Å². The minimum atomic E-state index is -1.07. The Morgan fingerprint density at radius 1 is 1.09 bits per heavy atom. The molecule has 0 aromatic heterocycles. The fourth-order valence-electron chi connectivity index (χ4n) is 2.15. The number of amides is 1. The molecular formula is C18H16N2O3. The number of hydrogen-bond acceptors (Lipinski definition) is 3. The van der Waals surface area contributed by atoms with Crippen LogP contribution in [0.15, 0.2) is 54.6 Å². The number of nitrogens with one attached hydrogen (secondary N) is 1. The lowest BCUT2D eigenvalue weighted by Gasteiger charge is -2.14. The smallest absolute Gasteiger partial charge is 0.326 e. The zero-order chi connectivity index (χ0) is 16.7. The third kappa shape index (κ3) is 4.68. The average Bonchev–Trinajstić information content (AvgIpc) is 2.59. The number of carboxylic acids is 1. The third-order valence-corrected chi connectivity index (χ3v) is 3.44. The molecule has 2 aromatic rings. The largest absolute Gasteiger partial charge is 0.480 e. The molecule has 2 aromatic carbocycles. The van der Waals surface area contributed by atoms with E-state index >= 15 is 0 Å². The number of aryl methyl sites for hydroxylation is 1. The fraction of sp³-hybridized carbons (Fsp3) is 0.167. The summed E-state index contributed by atoms with van der Waals surface area (Å²) < 4.78 is 0. The van der Waals surface area contributed by atoms with E-state index in [2.05, 4.69) is 5.32 Å². The van der Waals surface area contributed by atoms with Gasteiger partial charge in [0.25, 0.3) is 5.91 Å². The monoisotopic (exact) mass is 308 g/mol. The van der Waals surface area contributed by atoms with Gasteiger partial charge in [-0.05, 0) is 42.7 Å². The van der Waals surface area contributed by atoms with Crippen LogP contribution in [0.4, 0.5) is 0 Å². The van der Waals surface area contributed by atoms with E-state index in [1.165, 1.54) is 24.3 Å². The SMILES string of the molecule is N#Cc1ccc(C(=O)N[C@H](CCc2ccccc2)C(=O)O)cc1. The summed E-state index contributed by atoms with van der Waals surface area (Å²) in [5, 5.41) is 20.5. The van der Waals surface area contributed by atoms with Crippen molar-refractivity contribution in [2.24, 2.45) is 0 Å². The number of rotatable bonds is 6. The van der Waals surface area contributed by atoms with Crippen molar-refractivity contribution in [3.8, 4) is 6.07 Å². The maximum atomic E-state index is 12.1. The summed E-state index contributed by atoms with van der Waals surface area (Å²) >= 11 is 0. The molecule has 0 aliphatic rings. The quantitative estimate of drug-likeness (QED) is 0.857. The van der Waals surface area contributed by atoms with E-state index in [0.717, 1.165) is 5.56 Å². The van der Waals surface area contributed by atoms with E-state index in [1.807, 2.05) is 36.4 Å². The molecule has 2 N–H and O–H groups in total. The Hall–Kier alpha value is -3.13. The van der Waals surface area contributed by atoms with Crippen LogP contribution in [-0.2, 0) is 11.2 Å². The second kappa shape index (κ2) is 7.76. The predicted octanol–water partition coefficient (Wildman–Crippen LogP) is 2.37. The van der Waals surface area contributed by atoms with Crippen LogP contribution in [0.25, 0.3) is 0 Å². The normalized spacial score (nSPS) is 11.3. The molecule has 23 heavy (non-hydrogen) atoms. The minimum absolute atomic E-state index is 0.307. The number of carbonyl (C=O) groups is 2. The van der Waals surface area contributed by atoms with E-state index < -0.39 is 17.9 Å². The standard InChI is InChI=1S/C18H16N2O3/c19-12-14-6-9-15(10-7-14)17(21)20-16(18(22)23)11-8-13-4-2-1-3-5-13/h1-7,9-10,16H,8,11H2,(H,20,21)(H,22,23)/t16-/m1/s1. The summed E-state index contributed by atoms with van der Waals surface area (Å²) in [5.74, 6) is -1.53. The summed E-state index contributed by atoms with van der Waals surface area (Å²) in [5.41, 5.74) is 1.79. The molecular weight excluding hydrogens is 292 g/mol. The van der Waals surface area contributed by atoms with Crippen molar-refractivity contribution in [1.29, 1.82) is 5.26 Å². The van der Waals surface area contributed by atoms with Crippen LogP contribution < -0.4 is 5.32 Å². The Kier molecular flexibility index (Phi) is 5.48. The maximum absolute atomic E-state index is 12.1. The van der Waals surface area contributed by atoms with Gasteiger partial charge in [0.05, 0.1) is 11.6 Å². The first-order valence-corrected chi connectivity index (χ1v) is 7.18. The molecule has 0 radical (unpaired) electrons. The number of carbonyl (C=O) groups excluding carboxylic acids is 1. The topological polar surface area (TPSA) is 90.2 Å². The molecule has 0 aliphatic carbocycles. The van der Waals surface area contributed by atoms with Crippen molar-refractivity contribution in [3.63, 3.8) is 0 Å². The van der Waals surface area contributed by atoms with E-state index in [-0.39, 0.29) is 0 Å². The van der Waals surface area contributed by atoms with E-state index in [0.29, 0.717) is 24.0 Å². The van der Waals surface area contributed by atoms with Crippen molar-refractivity contribution < 1.29 is 14.7 Å². The van der Waals surface area contributed by atoms with Crippen molar-refractivity contribution in [2.45, 2.75) is 18.9 Å². The van der Waals surface area contributed by atoms with Crippen LogP contribution in [0.3, 0.4) is 0 Å². The van der Waals surface area contributed by atoms with Gasteiger partial charge in [0.15, 0.2) is 0 Å². The number of hydrogen-bond donors (Lipinski definition) is 2. The highest BCUT2D eigenvalue weighted by molar-refractivity contribution is 5.96.